The monoisotopic (exact) mass is 1050 g/mol. The summed E-state index contributed by atoms with van der Waals surface area (Å²) < 4.78 is 62.8. The maximum atomic E-state index is 14.4. The quantitative estimate of drug-likeness (QED) is 0.0246. The van der Waals surface area contributed by atoms with E-state index >= 15 is 0 Å². The van der Waals surface area contributed by atoms with Gasteiger partial charge in [-0.2, -0.15) is 0 Å². The minimum Gasteiger partial charge on any atom is -0.507 e. The lowest BCUT2D eigenvalue weighted by molar-refractivity contribution is -0.277. The average Bonchev–Trinajstić information content (AvgIpc) is 3.93. The summed E-state index contributed by atoms with van der Waals surface area (Å²) in [5, 5.41) is 56.7. The Bertz CT molecular complexity index is 3150. The van der Waals surface area contributed by atoms with Gasteiger partial charge in [0.1, 0.15) is 41.6 Å². The summed E-state index contributed by atoms with van der Waals surface area (Å²) in [6, 6.07) is 13.7. The second kappa shape index (κ2) is 21.4. The molecule has 390 valence electrons. The maximum Gasteiger partial charge on any atom is 0.501 e. The maximum absolute atomic E-state index is 14.4. The molecule has 0 radical (unpaired) electrons. The van der Waals surface area contributed by atoms with Gasteiger partial charge in [0.05, 0.1) is 44.7 Å². The zero-order chi connectivity index (χ0) is 53.3. The van der Waals surface area contributed by atoms with E-state index in [4.69, 9.17) is 44.4 Å². The van der Waals surface area contributed by atoms with E-state index < -0.39 is 87.6 Å². The number of halogens is 1. The Hall–Kier alpha value is -6.66. The van der Waals surface area contributed by atoms with E-state index in [-0.39, 0.29) is 72.2 Å². The third kappa shape index (κ3) is 11.8. The molecular formula is C49H55ClN6O16S. The Morgan fingerprint density at radius 2 is 1.67 bits per heavy atom. The molecule has 2 amide bonds. The van der Waals surface area contributed by atoms with Gasteiger partial charge >= 0.3 is 10.4 Å². The molecule has 1 unspecified atom stereocenters. The Balaban J connectivity index is 1.24. The van der Waals surface area contributed by atoms with Crippen molar-refractivity contribution in [3.63, 3.8) is 0 Å². The van der Waals surface area contributed by atoms with Crippen molar-refractivity contribution >= 4 is 72.5 Å². The number of aromatic nitrogens is 1. The lowest BCUT2D eigenvalue weighted by atomic mass is 9.92. The molecule has 2 aliphatic heterocycles. The van der Waals surface area contributed by atoms with E-state index in [1.54, 1.807) is 12.1 Å². The third-order valence-electron chi connectivity index (χ3n) is 12.2. The SMILES string of the molecule is COc1ccc2c(OS(=O)(=O)Oc3cc(C(=O)N(C)CC(C)(C)COCC(C)(C)CN=[N+]=[N-])ccc3O[C@@H]3O[C@H](CO)[C@H](O)[C@H](O)C3O)cc3c(c2c1)/C(=C/Cl)CN3C(=O)c1cc2cc(C(C)=O)c(O)cc2[nH]1. The number of H-pyrrole nitrogens is 1. The van der Waals surface area contributed by atoms with Crippen LogP contribution in [0.4, 0.5) is 5.69 Å². The van der Waals surface area contributed by atoms with Gasteiger partial charge in [0.15, 0.2) is 23.0 Å². The zero-order valence-corrected chi connectivity index (χ0v) is 42.3. The number of azide groups is 1. The topological polar surface area (TPSA) is 313 Å². The Morgan fingerprint density at radius 3 is 2.34 bits per heavy atom. The number of aliphatic hydroxyl groups is 4. The largest absolute Gasteiger partial charge is 0.507 e. The minimum absolute atomic E-state index is 0.0490. The number of rotatable bonds is 19. The molecule has 73 heavy (non-hydrogen) atoms. The van der Waals surface area contributed by atoms with Crippen LogP contribution < -0.4 is 22.7 Å². The molecule has 0 saturated carbocycles. The van der Waals surface area contributed by atoms with E-state index in [2.05, 4.69) is 15.0 Å². The first-order valence-electron chi connectivity index (χ1n) is 22.6. The van der Waals surface area contributed by atoms with Gasteiger partial charge in [-0.1, -0.05) is 44.4 Å². The van der Waals surface area contributed by atoms with Crippen molar-refractivity contribution in [1.29, 1.82) is 0 Å². The summed E-state index contributed by atoms with van der Waals surface area (Å²) in [5.41, 5.74) is 10.4. The molecule has 1 fully saturated rings. The number of ketones is 1. The number of methoxy groups -OCH3 is 1. The van der Waals surface area contributed by atoms with E-state index in [1.165, 1.54) is 72.8 Å². The van der Waals surface area contributed by atoms with E-state index in [0.717, 1.165) is 12.1 Å². The number of aliphatic hydroxyl groups excluding tert-OH is 4. The number of Topliss-reactive ketones (excluding diaryl/α,β-unsaturated/α-hetero) is 1. The van der Waals surface area contributed by atoms with E-state index in [9.17, 15) is 48.3 Å². The molecule has 22 nitrogen and oxygen atoms in total. The van der Waals surface area contributed by atoms with Crippen LogP contribution in [0.2, 0.25) is 0 Å². The first-order valence-corrected chi connectivity index (χ1v) is 24.4. The van der Waals surface area contributed by atoms with Gasteiger partial charge in [-0.25, -0.2) is 0 Å². The molecule has 5 aromatic rings. The first-order chi connectivity index (χ1) is 34.4. The molecule has 2 aliphatic rings. The molecule has 4 aromatic carbocycles. The molecule has 1 aromatic heterocycles. The van der Waals surface area contributed by atoms with Crippen LogP contribution in [0, 0.1) is 10.8 Å². The number of benzene rings is 4. The molecule has 0 aliphatic carbocycles. The van der Waals surface area contributed by atoms with Crippen LogP contribution in [-0.4, -0.2) is 146 Å². The van der Waals surface area contributed by atoms with Crippen LogP contribution in [0.3, 0.4) is 0 Å². The number of nitrogens with zero attached hydrogens (tertiary/aromatic N) is 5. The first kappa shape index (κ1) is 54.1. The van der Waals surface area contributed by atoms with Gasteiger partial charge in [-0.15, -0.1) is 8.42 Å². The predicted molar refractivity (Wildman–Crippen MR) is 266 cm³/mol. The van der Waals surface area contributed by atoms with E-state index in [0.29, 0.717) is 33.2 Å². The summed E-state index contributed by atoms with van der Waals surface area (Å²) in [6.07, 6.45) is -8.77. The number of anilines is 1. The van der Waals surface area contributed by atoms with Crippen LogP contribution in [0.15, 0.2) is 71.3 Å². The number of hydrogen-bond donors (Lipinski definition) is 6. The van der Waals surface area contributed by atoms with Gasteiger partial charge in [0.2, 0.25) is 6.29 Å². The van der Waals surface area contributed by atoms with Gasteiger partial charge in [-0.05, 0) is 77.4 Å². The minimum atomic E-state index is -5.30. The number of amides is 2. The van der Waals surface area contributed by atoms with Crippen molar-refractivity contribution in [2.45, 2.75) is 65.3 Å². The second-order valence-electron chi connectivity index (χ2n) is 19.3. The fraction of sp³-hybridized carbons (Fsp3) is 0.408. The highest BCUT2D eigenvalue weighted by Crippen LogP contribution is 2.47. The summed E-state index contributed by atoms with van der Waals surface area (Å²) in [4.78, 5) is 49.1. The van der Waals surface area contributed by atoms with E-state index in [1.807, 2.05) is 27.7 Å². The molecule has 0 bridgehead atoms. The molecular weight excluding hydrogens is 996 g/mol. The number of carbonyl (C=O) groups is 3. The van der Waals surface area contributed by atoms with Crippen LogP contribution in [0.25, 0.3) is 37.7 Å². The lowest BCUT2D eigenvalue weighted by Crippen LogP contribution is -2.60. The number of fused-ring (bicyclic) bond motifs is 4. The molecule has 5 atom stereocenters. The van der Waals surface area contributed by atoms with Crippen molar-refractivity contribution in [3.05, 3.63) is 99.0 Å². The fourth-order valence-electron chi connectivity index (χ4n) is 8.60. The van der Waals surface area contributed by atoms with Gasteiger partial charge in [0.25, 0.3) is 11.8 Å². The third-order valence-corrected chi connectivity index (χ3v) is 13.2. The Morgan fingerprint density at radius 1 is 0.959 bits per heavy atom. The summed E-state index contributed by atoms with van der Waals surface area (Å²) in [5.74, 6) is -2.98. The molecule has 7 rings (SSSR count). The van der Waals surface area contributed by atoms with Gasteiger partial charge in [-0.3, -0.25) is 14.4 Å². The number of aromatic amines is 1. The van der Waals surface area contributed by atoms with Gasteiger partial charge in [0, 0.05) is 75.5 Å². The summed E-state index contributed by atoms with van der Waals surface area (Å²) in [7, 11) is -2.35. The van der Waals surface area contributed by atoms with Crippen molar-refractivity contribution in [3.8, 4) is 28.7 Å². The highest BCUT2D eigenvalue weighted by molar-refractivity contribution is 7.82. The van der Waals surface area contributed by atoms with Crippen molar-refractivity contribution in [1.82, 2.24) is 9.88 Å². The number of phenols is 1. The number of hydrogen-bond acceptors (Lipinski definition) is 17. The van der Waals surface area contributed by atoms with Gasteiger partial charge < -0.3 is 67.6 Å². The van der Waals surface area contributed by atoms with Crippen LogP contribution in [0.1, 0.15) is 71.4 Å². The normalized spacial score (nSPS) is 19.6. The highest BCUT2D eigenvalue weighted by atomic mass is 35.5. The highest BCUT2D eigenvalue weighted by Gasteiger charge is 2.45. The van der Waals surface area contributed by atoms with Crippen LogP contribution >= 0.6 is 11.6 Å². The number of aromatic hydroxyl groups is 1. The number of phenolic OH excluding ortho intramolecular Hbond substituents is 1. The molecule has 1 saturated heterocycles. The van der Waals surface area contributed by atoms with Crippen molar-refractivity contribution < 1.29 is 75.6 Å². The lowest BCUT2D eigenvalue weighted by Gasteiger charge is -2.39. The summed E-state index contributed by atoms with van der Waals surface area (Å²) >= 11 is 6.39. The standard InChI is InChI=1S/C49H55ClN6O16S/c1-25(58)31-12-27-13-34(53-33(27)16-36(31)59)46(64)56-19-28(18-50)41-32-15-29(67-7)9-10-30(32)38(17-35(41)56)71-73(65,66)72-39-14-26(8-11-37(39)69-47-44(62)43(61)42(60)40(20-57)70-47)45(63)55(6)22-49(4,5)24-68-23-48(2,3)21-52-54-51/h8-18,40,42-44,47,53,57,59-62H,19-24H2,1-7H3/b28-18+/t40-,42+,43+,44?,47-/m1/s1. The van der Waals surface area contributed by atoms with Crippen molar-refractivity contribution in [2.24, 2.45) is 15.9 Å². The number of carbonyl (C=O) groups excluding carboxylic acids is 3. The molecule has 0 spiro atoms. The fourth-order valence-corrected chi connectivity index (χ4v) is 9.52. The average molecular weight is 1050 g/mol. The van der Waals surface area contributed by atoms with Crippen LogP contribution in [0.5, 0.6) is 28.7 Å². The summed E-state index contributed by atoms with van der Waals surface area (Å²) in [6.45, 7) is 8.72. The number of nitrogens with one attached hydrogen (secondary N) is 1. The Labute approximate surface area is 424 Å². The predicted octanol–water partition coefficient (Wildman–Crippen LogP) is 5.81. The smallest absolute Gasteiger partial charge is 0.501 e. The zero-order valence-electron chi connectivity index (χ0n) is 40.7. The Kier molecular flexibility index (Phi) is 15.9. The molecule has 24 heteroatoms. The second-order valence-corrected chi connectivity index (χ2v) is 20.7. The molecule has 6 N–H and O–H groups in total. The van der Waals surface area contributed by atoms with Crippen molar-refractivity contribution in [2.75, 3.05) is 58.5 Å². The number of ether oxygens (including phenoxy) is 4. The molecule has 3 heterocycles. The van der Waals surface area contributed by atoms with Crippen LogP contribution in [-0.2, 0) is 19.9 Å².